The molecule has 0 radical (unpaired) electrons. The zero-order valence-corrected chi connectivity index (χ0v) is 23.5. The maximum atomic E-state index is 13.9. The number of hydrogen-bond donors (Lipinski definition) is 2. The maximum absolute atomic E-state index is 13.9. The number of thioether (sulfide) groups is 1. The Balaban J connectivity index is 1.56. The minimum Gasteiger partial charge on any atom is -0.489 e. The molecule has 200 valence electrons. The van der Waals surface area contributed by atoms with Crippen LogP contribution in [0.2, 0.25) is 0 Å². The minimum absolute atomic E-state index is 0.197. The number of carbonyl (C=O) groups excluding carboxylic acids is 1. The fourth-order valence-electron chi connectivity index (χ4n) is 4.64. The van der Waals surface area contributed by atoms with Gasteiger partial charge in [-0.3, -0.25) is 4.79 Å². The molecule has 0 saturated heterocycles. The van der Waals surface area contributed by atoms with E-state index < -0.39 is 6.04 Å². The number of allylic oxidation sites excluding steroid dienone is 1. The molecule has 1 amide bonds. The van der Waals surface area contributed by atoms with Gasteiger partial charge >= 0.3 is 0 Å². The van der Waals surface area contributed by atoms with Gasteiger partial charge in [-0.25, -0.2) is 4.68 Å². The molecule has 0 spiro atoms. The number of para-hydroxylation sites is 2. The summed E-state index contributed by atoms with van der Waals surface area (Å²) in [5, 5.41) is 12.0. The SMILES string of the molecule is CCCSc1nc2n(n1)C(c1ccccc1OCc1ccccc1C)C(C(=O)Nc1ccccc1C)=C(C)N2. The van der Waals surface area contributed by atoms with Crippen LogP contribution >= 0.6 is 11.8 Å². The van der Waals surface area contributed by atoms with Crippen LogP contribution in [0.15, 0.2) is 89.2 Å². The molecule has 1 aliphatic heterocycles. The van der Waals surface area contributed by atoms with E-state index in [1.54, 1.807) is 11.8 Å². The van der Waals surface area contributed by atoms with E-state index >= 15 is 0 Å². The van der Waals surface area contributed by atoms with Crippen molar-refractivity contribution in [3.63, 3.8) is 0 Å². The third-order valence-corrected chi connectivity index (χ3v) is 7.81. The van der Waals surface area contributed by atoms with E-state index in [0.29, 0.717) is 29.0 Å². The summed E-state index contributed by atoms with van der Waals surface area (Å²) in [6.45, 7) is 8.52. The highest BCUT2D eigenvalue weighted by molar-refractivity contribution is 7.99. The molecule has 0 bridgehead atoms. The van der Waals surface area contributed by atoms with E-state index in [0.717, 1.165) is 40.2 Å². The van der Waals surface area contributed by atoms with Gasteiger partial charge < -0.3 is 15.4 Å². The normalized spacial score (nSPS) is 14.5. The lowest BCUT2D eigenvalue weighted by Gasteiger charge is -2.30. The predicted molar refractivity (Wildman–Crippen MR) is 157 cm³/mol. The van der Waals surface area contributed by atoms with Gasteiger partial charge in [-0.15, -0.1) is 5.10 Å². The smallest absolute Gasteiger partial charge is 0.255 e. The summed E-state index contributed by atoms with van der Waals surface area (Å²) in [6.07, 6.45) is 1.02. The predicted octanol–water partition coefficient (Wildman–Crippen LogP) is 6.90. The van der Waals surface area contributed by atoms with Gasteiger partial charge in [0.25, 0.3) is 5.91 Å². The molecule has 1 aliphatic rings. The topological polar surface area (TPSA) is 81.1 Å². The van der Waals surface area contributed by atoms with Crippen molar-refractivity contribution in [1.82, 2.24) is 14.8 Å². The third-order valence-electron chi connectivity index (χ3n) is 6.76. The average Bonchev–Trinajstić information content (AvgIpc) is 3.34. The number of carbonyl (C=O) groups is 1. The number of amides is 1. The van der Waals surface area contributed by atoms with Gasteiger partial charge in [0.15, 0.2) is 0 Å². The number of fused-ring (bicyclic) bond motifs is 1. The molecule has 4 aromatic rings. The van der Waals surface area contributed by atoms with Gasteiger partial charge in [0, 0.05) is 22.7 Å². The van der Waals surface area contributed by atoms with Crippen LogP contribution in [0.3, 0.4) is 0 Å². The zero-order valence-electron chi connectivity index (χ0n) is 22.7. The Labute approximate surface area is 233 Å². The van der Waals surface area contributed by atoms with Crippen LogP contribution in [0.25, 0.3) is 0 Å². The Morgan fingerprint density at radius 3 is 2.49 bits per heavy atom. The van der Waals surface area contributed by atoms with Crippen LogP contribution in [-0.2, 0) is 11.4 Å². The first-order valence-corrected chi connectivity index (χ1v) is 14.1. The number of nitrogens with zero attached hydrogens (tertiary/aromatic N) is 3. The van der Waals surface area contributed by atoms with E-state index in [2.05, 4.69) is 36.6 Å². The van der Waals surface area contributed by atoms with Crippen molar-refractivity contribution in [1.29, 1.82) is 0 Å². The molecule has 1 aromatic heterocycles. The van der Waals surface area contributed by atoms with Crippen LogP contribution in [-0.4, -0.2) is 26.4 Å². The molecule has 3 aromatic carbocycles. The second-order valence-electron chi connectivity index (χ2n) is 9.60. The lowest BCUT2D eigenvalue weighted by Crippen LogP contribution is -2.32. The summed E-state index contributed by atoms with van der Waals surface area (Å²) in [6, 6.07) is 23.3. The van der Waals surface area contributed by atoms with Crippen molar-refractivity contribution in [2.24, 2.45) is 0 Å². The number of aryl methyl sites for hydroxylation is 2. The maximum Gasteiger partial charge on any atom is 0.255 e. The molecule has 39 heavy (non-hydrogen) atoms. The van der Waals surface area contributed by atoms with E-state index in [-0.39, 0.29) is 5.91 Å². The van der Waals surface area contributed by atoms with Crippen molar-refractivity contribution >= 4 is 29.3 Å². The summed E-state index contributed by atoms with van der Waals surface area (Å²) in [4.78, 5) is 18.7. The number of rotatable bonds is 9. The first kappa shape index (κ1) is 26.6. The number of nitrogens with one attached hydrogen (secondary N) is 2. The zero-order chi connectivity index (χ0) is 27.4. The molecule has 0 fully saturated rings. The van der Waals surface area contributed by atoms with E-state index in [1.165, 1.54) is 5.56 Å². The number of hydrogen-bond acceptors (Lipinski definition) is 6. The molecule has 2 N–H and O–H groups in total. The summed E-state index contributed by atoms with van der Waals surface area (Å²) in [5.41, 5.74) is 6.19. The van der Waals surface area contributed by atoms with Gasteiger partial charge in [0.2, 0.25) is 11.1 Å². The molecule has 1 atom stereocenters. The number of anilines is 2. The van der Waals surface area contributed by atoms with Crippen LogP contribution in [0.1, 0.15) is 48.6 Å². The van der Waals surface area contributed by atoms with Crippen LogP contribution < -0.4 is 15.4 Å². The highest BCUT2D eigenvalue weighted by Crippen LogP contribution is 2.40. The summed E-state index contributed by atoms with van der Waals surface area (Å²) >= 11 is 1.61. The highest BCUT2D eigenvalue weighted by atomic mass is 32.2. The van der Waals surface area contributed by atoms with Gasteiger partial charge in [0.1, 0.15) is 18.4 Å². The van der Waals surface area contributed by atoms with E-state index in [4.69, 9.17) is 14.8 Å². The standard InChI is InChI=1S/C31H33N5O2S/c1-5-18-39-31-34-30-32-22(4)27(29(37)33-25-16-10-7-13-21(25)3)28(36(30)35-31)24-15-9-11-17-26(24)38-19-23-14-8-6-12-20(23)2/h6-17,28H,5,18-19H2,1-4H3,(H,33,37)(H,32,34,35). The van der Waals surface area contributed by atoms with E-state index in [1.807, 2.05) is 79.2 Å². The Morgan fingerprint density at radius 2 is 1.72 bits per heavy atom. The van der Waals surface area contributed by atoms with Crippen molar-refractivity contribution in [3.8, 4) is 5.75 Å². The Morgan fingerprint density at radius 1 is 1.00 bits per heavy atom. The molecule has 0 aliphatic carbocycles. The second kappa shape index (κ2) is 11.8. The van der Waals surface area contributed by atoms with Gasteiger partial charge in [0.05, 0.1) is 5.57 Å². The summed E-state index contributed by atoms with van der Waals surface area (Å²) in [7, 11) is 0. The number of aromatic nitrogens is 3. The summed E-state index contributed by atoms with van der Waals surface area (Å²) < 4.78 is 8.22. The molecular formula is C31H33N5O2S. The van der Waals surface area contributed by atoms with E-state index in [9.17, 15) is 4.79 Å². The van der Waals surface area contributed by atoms with Crippen molar-refractivity contribution in [2.75, 3.05) is 16.4 Å². The summed E-state index contributed by atoms with van der Waals surface area (Å²) in [5.74, 6) is 2.03. The van der Waals surface area contributed by atoms with Crippen LogP contribution in [0.5, 0.6) is 5.75 Å². The first-order valence-electron chi connectivity index (χ1n) is 13.2. The molecule has 7 nitrogen and oxygen atoms in total. The Kier molecular flexibility index (Phi) is 8.02. The largest absolute Gasteiger partial charge is 0.489 e. The van der Waals surface area contributed by atoms with Crippen molar-refractivity contribution in [2.45, 2.75) is 51.9 Å². The van der Waals surface area contributed by atoms with Crippen molar-refractivity contribution in [3.05, 3.63) is 106 Å². The van der Waals surface area contributed by atoms with Gasteiger partial charge in [-0.1, -0.05) is 79.3 Å². The van der Waals surface area contributed by atoms with Gasteiger partial charge in [-0.2, -0.15) is 4.98 Å². The molecule has 2 heterocycles. The van der Waals surface area contributed by atoms with Crippen LogP contribution in [0, 0.1) is 13.8 Å². The third kappa shape index (κ3) is 5.71. The lowest BCUT2D eigenvalue weighted by atomic mass is 9.94. The van der Waals surface area contributed by atoms with Crippen LogP contribution in [0.4, 0.5) is 11.6 Å². The quantitative estimate of drug-likeness (QED) is 0.225. The van der Waals surface area contributed by atoms with Crippen molar-refractivity contribution < 1.29 is 9.53 Å². The van der Waals surface area contributed by atoms with Gasteiger partial charge in [-0.05, 0) is 56.0 Å². The number of benzene rings is 3. The molecule has 8 heteroatoms. The molecule has 0 saturated carbocycles. The highest BCUT2D eigenvalue weighted by Gasteiger charge is 2.36. The molecule has 1 unspecified atom stereocenters. The average molecular weight is 540 g/mol. The monoisotopic (exact) mass is 539 g/mol. The fraction of sp³-hybridized carbons (Fsp3) is 0.258. The lowest BCUT2D eigenvalue weighted by molar-refractivity contribution is -0.113. The molecule has 5 rings (SSSR count). The fourth-order valence-corrected chi connectivity index (χ4v) is 5.32. The first-order chi connectivity index (χ1) is 19.0. The minimum atomic E-state index is -0.526. The number of ether oxygens (including phenoxy) is 1. The Hall–Kier alpha value is -4.04. The Bertz CT molecular complexity index is 1530. The molecular weight excluding hydrogens is 506 g/mol. The second-order valence-corrected chi connectivity index (χ2v) is 10.7.